The summed E-state index contributed by atoms with van der Waals surface area (Å²) in [6.45, 7) is 2.47. The maximum absolute atomic E-state index is 11.1. The van der Waals surface area contributed by atoms with Gasteiger partial charge in [-0.05, 0) is 25.1 Å². The predicted molar refractivity (Wildman–Crippen MR) is 67.8 cm³/mol. The van der Waals surface area contributed by atoms with E-state index in [4.69, 9.17) is 9.84 Å². The molecule has 0 amide bonds. The van der Waals surface area contributed by atoms with Crippen molar-refractivity contribution in [3.8, 4) is 17.0 Å². The summed E-state index contributed by atoms with van der Waals surface area (Å²) in [5.74, 6) is -0.282. The van der Waals surface area contributed by atoms with Crippen LogP contribution in [-0.4, -0.2) is 22.7 Å². The van der Waals surface area contributed by atoms with Crippen LogP contribution >= 0.6 is 0 Å². The van der Waals surface area contributed by atoms with Crippen molar-refractivity contribution in [3.05, 3.63) is 48.2 Å². The van der Waals surface area contributed by atoms with Crippen molar-refractivity contribution in [2.75, 3.05) is 6.61 Å². The highest BCUT2D eigenvalue weighted by molar-refractivity contribution is 5.95. The highest BCUT2D eigenvalue weighted by atomic mass is 16.5. The minimum Gasteiger partial charge on any atom is -0.492 e. The molecule has 0 atom stereocenters. The minimum atomic E-state index is -0.957. The maximum atomic E-state index is 11.1. The Bertz CT molecular complexity index is 549. The van der Waals surface area contributed by atoms with Gasteiger partial charge in [0.05, 0.1) is 24.1 Å². The largest absolute Gasteiger partial charge is 0.492 e. The lowest BCUT2D eigenvalue weighted by Crippen LogP contribution is -2.00. The molecule has 0 saturated carbocycles. The van der Waals surface area contributed by atoms with Crippen molar-refractivity contribution in [2.24, 2.45) is 0 Å². The normalized spacial score (nSPS) is 10.1. The summed E-state index contributed by atoms with van der Waals surface area (Å²) < 4.78 is 5.30. The Labute approximate surface area is 105 Å². The standard InChI is InChI=1S/C14H13NO3/c1-2-18-10-7-8-13(15-9-10)11-5-3-4-6-12(11)14(16)17/h3-9H,2H2,1H3,(H,16,17). The first-order valence-corrected chi connectivity index (χ1v) is 5.64. The van der Waals surface area contributed by atoms with Gasteiger partial charge < -0.3 is 9.84 Å². The molecule has 0 aliphatic rings. The summed E-state index contributed by atoms with van der Waals surface area (Å²) in [6.07, 6.45) is 1.59. The van der Waals surface area contributed by atoms with Crippen LogP contribution < -0.4 is 4.74 Å². The number of carboxylic acids is 1. The molecule has 0 unspecified atom stereocenters. The minimum absolute atomic E-state index is 0.245. The third-order valence-corrected chi connectivity index (χ3v) is 2.48. The number of carbonyl (C=O) groups is 1. The van der Waals surface area contributed by atoms with Crippen molar-refractivity contribution in [1.29, 1.82) is 0 Å². The zero-order valence-electron chi connectivity index (χ0n) is 9.96. The Morgan fingerprint density at radius 1 is 1.28 bits per heavy atom. The fourth-order valence-electron chi connectivity index (χ4n) is 1.68. The third kappa shape index (κ3) is 2.48. The molecule has 4 heteroatoms. The van der Waals surface area contributed by atoms with E-state index in [-0.39, 0.29) is 5.56 Å². The van der Waals surface area contributed by atoms with Crippen LogP contribution in [-0.2, 0) is 0 Å². The number of carboxylic acid groups (broad SMARTS) is 1. The Morgan fingerprint density at radius 3 is 2.67 bits per heavy atom. The van der Waals surface area contributed by atoms with Crippen molar-refractivity contribution in [1.82, 2.24) is 4.98 Å². The molecule has 1 heterocycles. The molecule has 1 aromatic carbocycles. The fourth-order valence-corrected chi connectivity index (χ4v) is 1.68. The average molecular weight is 243 g/mol. The Balaban J connectivity index is 2.39. The van der Waals surface area contributed by atoms with Crippen LogP contribution in [0.5, 0.6) is 5.75 Å². The van der Waals surface area contributed by atoms with E-state index in [9.17, 15) is 4.79 Å². The van der Waals surface area contributed by atoms with E-state index < -0.39 is 5.97 Å². The quantitative estimate of drug-likeness (QED) is 0.897. The molecular formula is C14H13NO3. The lowest BCUT2D eigenvalue weighted by atomic mass is 10.0. The lowest BCUT2D eigenvalue weighted by Gasteiger charge is -2.06. The first-order valence-electron chi connectivity index (χ1n) is 5.64. The van der Waals surface area contributed by atoms with Crippen molar-refractivity contribution >= 4 is 5.97 Å². The second-order valence-corrected chi connectivity index (χ2v) is 3.66. The van der Waals surface area contributed by atoms with Crippen molar-refractivity contribution < 1.29 is 14.6 Å². The van der Waals surface area contributed by atoms with E-state index in [1.54, 1.807) is 42.6 Å². The van der Waals surface area contributed by atoms with E-state index >= 15 is 0 Å². The van der Waals surface area contributed by atoms with E-state index in [1.165, 1.54) is 0 Å². The molecule has 0 aliphatic carbocycles. The summed E-state index contributed by atoms with van der Waals surface area (Å²) in [5.41, 5.74) is 1.47. The second-order valence-electron chi connectivity index (χ2n) is 3.66. The summed E-state index contributed by atoms with van der Waals surface area (Å²) >= 11 is 0. The van der Waals surface area contributed by atoms with Gasteiger partial charge in [0.1, 0.15) is 5.75 Å². The van der Waals surface area contributed by atoms with Crippen LogP contribution in [0.15, 0.2) is 42.6 Å². The van der Waals surface area contributed by atoms with Gasteiger partial charge in [0, 0.05) is 5.56 Å². The zero-order chi connectivity index (χ0) is 13.0. The van der Waals surface area contributed by atoms with Gasteiger partial charge in [-0.15, -0.1) is 0 Å². The van der Waals surface area contributed by atoms with Crippen LogP contribution in [0.4, 0.5) is 0 Å². The van der Waals surface area contributed by atoms with Gasteiger partial charge in [0.2, 0.25) is 0 Å². The second kappa shape index (κ2) is 5.31. The highest BCUT2D eigenvalue weighted by Gasteiger charge is 2.11. The molecule has 0 bridgehead atoms. The molecule has 1 N–H and O–H groups in total. The van der Waals surface area contributed by atoms with Gasteiger partial charge in [0.15, 0.2) is 0 Å². The number of aromatic nitrogens is 1. The SMILES string of the molecule is CCOc1ccc(-c2ccccc2C(=O)O)nc1. The number of aromatic carboxylic acids is 1. The molecule has 92 valence electrons. The molecule has 0 radical (unpaired) electrons. The van der Waals surface area contributed by atoms with Crippen LogP contribution in [0, 0.1) is 0 Å². The van der Waals surface area contributed by atoms with E-state index in [0.717, 1.165) is 0 Å². The number of nitrogens with zero attached hydrogens (tertiary/aromatic N) is 1. The zero-order valence-corrected chi connectivity index (χ0v) is 9.96. The first-order chi connectivity index (χ1) is 8.72. The monoisotopic (exact) mass is 243 g/mol. The molecule has 0 saturated heterocycles. The first kappa shape index (κ1) is 12.1. The smallest absolute Gasteiger partial charge is 0.336 e. The van der Waals surface area contributed by atoms with Gasteiger partial charge >= 0.3 is 5.97 Å². The molecule has 0 fully saturated rings. The maximum Gasteiger partial charge on any atom is 0.336 e. The van der Waals surface area contributed by atoms with Crippen LogP contribution in [0.2, 0.25) is 0 Å². The summed E-state index contributed by atoms with van der Waals surface area (Å²) in [7, 11) is 0. The lowest BCUT2D eigenvalue weighted by molar-refractivity contribution is 0.0697. The molecule has 18 heavy (non-hydrogen) atoms. The number of benzene rings is 1. The summed E-state index contributed by atoms with van der Waals surface area (Å²) in [4.78, 5) is 15.3. The van der Waals surface area contributed by atoms with Crippen LogP contribution in [0.1, 0.15) is 17.3 Å². The number of ether oxygens (including phenoxy) is 1. The van der Waals surface area contributed by atoms with Crippen LogP contribution in [0.25, 0.3) is 11.3 Å². The average Bonchev–Trinajstić information content (AvgIpc) is 2.40. The highest BCUT2D eigenvalue weighted by Crippen LogP contribution is 2.23. The fraction of sp³-hybridized carbons (Fsp3) is 0.143. The van der Waals surface area contributed by atoms with Gasteiger partial charge in [-0.3, -0.25) is 4.98 Å². The van der Waals surface area contributed by atoms with Crippen LogP contribution in [0.3, 0.4) is 0 Å². The summed E-state index contributed by atoms with van der Waals surface area (Å²) in [5, 5.41) is 9.11. The Kier molecular flexibility index (Phi) is 3.57. The molecule has 0 aliphatic heterocycles. The molecule has 2 aromatic rings. The van der Waals surface area contributed by atoms with Crippen molar-refractivity contribution in [2.45, 2.75) is 6.92 Å². The van der Waals surface area contributed by atoms with E-state index in [1.807, 2.05) is 6.92 Å². The molecule has 2 rings (SSSR count). The van der Waals surface area contributed by atoms with E-state index in [2.05, 4.69) is 4.98 Å². The molecule has 0 spiro atoms. The predicted octanol–water partition coefficient (Wildman–Crippen LogP) is 2.85. The number of hydrogen-bond acceptors (Lipinski definition) is 3. The van der Waals surface area contributed by atoms with E-state index in [0.29, 0.717) is 23.6 Å². The number of hydrogen-bond donors (Lipinski definition) is 1. The Hall–Kier alpha value is -2.36. The Morgan fingerprint density at radius 2 is 2.06 bits per heavy atom. The molecule has 1 aromatic heterocycles. The number of pyridine rings is 1. The topological polar surface area (TPSA) is 59.4 Å². The van der Waals surface area contributed by atoms with Gasteiger partial charge in [-0.2, -0.15) is 0 Å². The van der Waals surface area contributed by atoms with Gasteiger partial charge in [-0.1, -0.05) is 18.2 Å². The van der Waals surface area contributed by atoms with Crippen molar-refractivity contribution in [3.63, 3.8) is 0 Å². The van der Waals surface area contributed by atoms with Gasteiger partial charge in [-0.25, -0.2) is 4.79 Å². The number of rotatable bonds is 4. The molecule has 4 nitrogen and oxygen atoms in total. The summed E-state index contributed by atoms with van der Waals surface area (Å²) in [6, 6.07) is 10.3. The third-order valence-electron chi connectivity index (χ3n) is 2.48. The van der Waals surface area contributed by atoms with Gasteiger partial charge in [0.25, 0.3) is 0 Å². The molecular weight excluding hydrogens is 230 g/mol.